The van der Waals surface area contributed by atoms with Crippen LogP contribution in [0.1, 0.15) is 12.5 Å². The van der Waals surface area contributed by atoms with E-state index < -0.39 is 15.9 Å². The van der Waals surface area contributed by atoms with Gasteiger partial charge in [0.1, 0.15) is 0 Å². The average Bonchev–Trinajstić information content (AvgIpc) is 2.37. The molecule has 19 heavy (non-hydrogen) atoms. The molecule has 6 nitrogen and oxygen atoms in total. The summed E-state index contributed by atoms with van der Waals surface area (Å²) in [5.41, 5.74) is -0.123. The van der Waals surface area contributed by atoms with Gasteiger partial charge in [0.05, 0.1) is 4.90 Å². The smallest absolute Gasteiger partial charge is 0.272 e. The molecule has 0 atom stereocenters. The van der Waals surface area contributed by atoms with Gasteiger partial charge >= 0.3 is 0 Å². The van der Waals surface area contributed by atoms with Crippen LogP contribution in [0.2, 0.25) is 0 Å². The third-order valence-electron chi connectivity index (χ3n) is 2.87. The predicted octanol–water partition coefficient (Wildman–Crippen LogP) is 0.683. The van der Waals surface area contributed by atoms with Gasteiger partial charge in [0.15, 0.2) is 11.5 Å². The van der Waals surface area contributed by atoms with Crippen molar-refractivity contribution in [2.45, 2.75) is 11.8 Å². The number of aliphatic hydroxyl groups is 1. The molecule has 0 aromatic heterocycles. The number of benzene rings is 1. The van der Waals surface area contributed by atoms with Crippen molar-refractivity contribution in [2.24, 2.45) is 0 Å². The van der Waals surface area contributed by atoms with Gasteiger partial charge in [-0.3, -0.25) is 9.10 Å². The fourth-order valence-corrected chi connectivity index (χ4v) is 3.32. The van der Waals surface area contributed by atoms with E-state index in [1.165, 1.54) is 19.2 Å². The van der Waals surface area contributed by atoms with E-state index in [9.17, 15) is 18.3 Å². The molecule has 0 bridgehead atoms. The third-order valence-corrected chi connectivity index (χ3v) is 4.69. The van der Waals surface area contributed by atoms with Crippen LogP contribution in [0, 0.1) is 0 Å². The zero-order chi connectivity index (χ0) is 14.2. The molecule has 1 heterocycles. The van der Waals surface area contributed by atoms with Gasteiger partial charge in [0.2, 0.25) is 0 Å². The molecule has 0 saturated carbocycles. The van der Waals surface area contributed by atoms with E-state index in [4.69, 9.17) is 0 Å². The molecule has 1 amide bonds. The molecule has 2 rings (SSSR count). The molecular weight excluding hydrogens is 268 g/mol. The molecule has 0 radical (unpaired) electrons. The second-order valence-electron chi connectivity index (χ2n) is 4.03. The van der Waals surface area contributed by atoms with Crippen LogP contribution in [-0.2, 0) is 14.8 Å². The lowest BCUT2D eigenvalue weighted by atomic mass is 10.1. The Bertz CT molecular complexity index is 664. The first-order chi connectivity index (χ1) is 8.91. The molecule has 7 heteroatoms. The van der Waals surface area contributed by atoms with Crippen molar-refractivity contribution < 1.29 is 18.3 Å². The number of aliphatic hydroxyl groups excluding tert-OH is 1. The lowest BCUT2D eigenvalue weighted by molar-refractivity contribution is -0.118. The van der Waals surface area contributed by atoms with E-state index in [-0.39, 0.29) is 21.9 Å². The summed E-state index contributed by atoms with van der Waals surface area (Å²) in [5.74, 6) is -0.959. The summed E-state index contributed by atoms with van der Waals surface area (Å²) >= 11 is 0. The Morgan fingerprint density at radius 3 is 2.63 bits per heavy atom. The molecule has 0 saturated heterocycles. The Balaban J connectivity index is 2.71. The fraction of sp³-hybridized carbons (Fsp3) is 0.250. The zero-order valence-corrected chi connectivity index (χ0v) is 11.4. The number of fused-ring (bicyclic) bond motifs is 1. The maximum absolute atomic E-state index is 12.3. The second kappa shape index (κ2) is 4.58. The first-order valence-electron chi connectivity index (χ1n) is 5.71. The number of sulfonamides is 1. The quantitative estimate of drug-likeness (QED) is 0.835. The lowest BCUT2D eigenvalue weighted by Crippen LogP contribution is -2.39. The number of carbonyl (C=O) groups excluding carboxylic acids is 1. The van der Waals surface area contributed by atoms with Crippen LogP contribution in [0.5, 0.6) is 0 Å². The minimum Gasteiger partial charge on any atom is -0.505 e. The normalized spacial score (nSPS) is 17.1. The number of nitrogens with zero attached hydrogens (tertiary/aromatic N) is 1. The molecule has 0 aliphatic carbocycles. The number of nitrogens with one attached hydrogen (secondary N) is 1. The number of hydrogen-bond acceptors (Lipinski definition) is 4. The highest BCUT2D eigenvalue weighted by Crippen LogP contribution is 2.34. The summed E-state index contributed by atoms with van der Waals surface area (Å²) in [7, 11) is -2.57. The van der Waals surface area contributed by atoms with Crippen molar-refractivity contribution >= 4 is 21.7 Å². The summed E-state index contributed by atoms with van der Waals surface area (Å²) < 4.78 is 25.3. The Morgan fingerprint density at radius 2 is 2.00 bits per heavy atom. The van der Waals surface area contributed by atoms with E-state index in [1.54, 1.807) is 19.1 Å². The van der Waals surface area contributed by atoms with Crippen LogP contribution < -0.4 is 5.32 Å². The summed E-state index contributed by atoms with van der Waals surface area (Å²) in [6.45, 7) is 2.05. The Hall–Kier alpha value is -2.02. The molecule has 102 valence electrons. The molecule has 1 aliphatic rings. The molecule has 0 fully saturated rings. The van der Waals surface area contributed by atoms with Crippen LogP contribution in [0.4, 0.5) is 0 Å². The van der Waals surface area contributed by atoms with E-state index in [0.717, 1.165) is 4.31 Å². The number of likely N-dealkylation sites (N-methyl/N-ethyl adjacent to an activating group) is 2. The maximum Gasteiger partial charge on any atom is 0.272 e. The van der Waals surface area contributed by atoms with E-state index in [2.05, 4.69) is 5.32 Å². The molecule has 1 aliphatic heterocycles. The minimum absolute atomic E-state index is 0.0111. The van der Waals surface area contributed by atoms with Crippen LogP contribution in [-0.4, -0.2) is 37.3 Å². The largest absolute Gasteiger partial charge is 0.505 e. The van der Waals surface area contributed by atoms with Crippen LogP contribution in [0.15, 0.2) is 34.9 Å². The maximum atomic E-state index is 12.3. The Morgan fingerprint density at radius 1 is 1.37 bits per heavy atom. The molecule has 1 aromatic rings. The van der Waals surface area contributed by atoms with Gasteiger partial charge in [-0.25, -0.2) is 8.42 Å². The van der Waals surface area contributed by atoms with Crippen molar-refractivity contribution in [3.05, 3.63) is 35.5 Å². The number of amides is 1. The first kappa shape index (κ1) is 13.4. The summed E-state index contributed by atoms with van der Waals surface area (Å²) in [6, 6.07) is 6.03. The van der Waals surface area contributed by atoms with Gasteiger partial charge in [-0.05, 0) is 19.1 Å². The monoisotopic (exact) mass is 282 g/mol. The summed E-state index contributed by atoms with van der Waals surface area (Å²) in [4.78, 5) is 11.9. The topological polar surface area (TPSA) is 86.7 Å². The summed E-state index contributed by atoms with van der Waals surface area (Å²) in [5, 5.41) is 12.6. The molecule has 2 N–H and O–H groups in total. The van der Waals surface area contributed by atoms with Crippen molar-refractivity contribution in [2.75, 3.05) is 13.6 Å². The number of hydrogen-bond donors (Lipinski definition) is 2. The Labute approximate surface area is 111 Å². The van der Waals surface area contributed by atoms with Crippen LogP contribution in [0.3, 0.4) is 0 Å². The standard InChI is InChI=1S/C12H14N2O4S/c1-3-13-12(16)10-11(15)8-6-4-5-7-9(8)19(17,18)14(10)2/h4-7,15H,3H2,1-2H3,(H,13,16). The predicted molar refractivity (Wildman–Crippen MR) is 69.6 cm³/mol. The van der Waals surface area contributed by atoms with Gasteiger partial charge < -0.3 is 10.4 Å². The number of rotatable bonds is 2. The Kier molecular flexibility index (Phi) is 3.23. The van der Waals surface area contributed by atoms with E-state index in [0.29, 0.717) is 6.54 Å². The van der Waals surface area contributed by atoms with Crippen molar-refractivity contribution in [1.29, 1.82) is 0 Å². The second-order valence-corrected chi connectivity index (χ2v) is 5.96. The van der Waals surface area contributed by atoms with Crippen molar-refractivity contribution in [3.63, 3.8) is 0 Å². The highest BCUT2D eigenvalue weighted by atomic mass is 32.2. The fourth-order valence-electron chi connectivity index (χ4n) is 1.93. The van der Waals surface area contributed by atoms with E-state index in [1.807, 2.05) is 0 Å². The highest BCUT2D eigenvalue weighted by molar-refractivity contribution is 7.89. The molecule has 0 spiro atoms. The van der Waals surface area contributed by atoms with Gasteiger partial charge in [-0.1, -0.05) is 12.1 Å². The van der Waals surface area contributed by atoms with Crippen LogP contribution in [0.25, 0.3) is 5.76 Å². The van der Waals surface area contributed by atoms with Crippen molar-refractivity contribution in [3.8, 4) is 0 Å². The van der Waals surface area contributed by atoms with Gasteiger partial charge in [0.25, 0.3) is 15.9 Å². The highest BCUT2D eigenvalue weighted by Gasteiger charge is 2.37. The van der Waals surface area contributed by atoms with Gasteiger partial charge in [-0.15, -0.1) is 0 Å². The van der Waals surface area contributed by atoms with Crippen LogP contribution >= 0.6 is 0 Å². The van der Waals surface area contributed by atoms with Gasteiger partial charge in [0, 0.05) is 19.2 Å². The minimum atomic E-state index is -3.81. The molecule has 1 aromatic carbocycles. The van der Waals surface area contributed by atoms with Gasteiger partial charge in [-0.2, -0.15) is 0 Å². The SMILES string of the molecule is CCNC(=O)C1=C(O)c2ccccc2S(=O)(=O)N1C. The average molecular weight is 282 g/mol. The van der Waals surface area contributed by atoms with Crippen molar-refractivity contribution in [1.82, 2.24) is 9.62 Å². The summed E-state index contributed by atoms with van der Waals surface area (Å²) in [6.07, 6.45) is 0. The third kappa shape index (κ3) is 1.95. The molecular formula is C12H14N2O4S. The zero-order valence-electron chi connectivity index (χ0n) is 10.5. The van der Waals surface area contributed by atoms with E-state index >= 15 is 0 Å². The lowest BCUT2D eigenvalue weighted by Gasteiger charge is -2.28. The number of carbonyl (C=O) groups is 1. The first-order valence-corrected chi connectivity index (χ1v) is 7.15. The molecule has 0 unspecified atom stereocenters.